The number of benzene rings is 1. The van der Waals surface area contributed by atoms with Crippen LogP contribution in [0.25, 0.3) is 0 Å². The predicted molar refractivity (Wildman–Crippen MR) is 71.3 cm³/mol. The van der Waals surface area contributed by atoms with Crippen LogP contribution in [0.3, 0.4) is 0 Å². The highest BCUT2D eigenvalue weighted by Gasteiger charge is 2.11. The van der Waals surface area contributed by atoms with E-state index in [4.69, 9.17) is 5.73 Å². The van der Waals surface area contributed by atoms with Crippen LogP contribution in [-0.2, 0) is 6.54 Å². The maximum Gasteiger partial charge on any atom is 0.0314 e. The number of nitrogens with two attached hydrogens (primary N) is 1. The molecule has 2 heteroatoms. The Bertz CT molecular complexity index is 292. The van der Waals surface area contributed by atoms with Gasteiger partial charge in [0.25, 0.3) is 0 Å². The molecule has 0 heterocycles. The van der Waals surface area contributed by atoms with Gasteiger partial charge in [0, 0.05) is 18.3 Å². The largest absolute Gasteiger partial charge is 0.399 e. The molecule has 1 aromatic carbocycles. The zero-order chi connectivity index (χ0) is 12.0. The van der Waals surface area contributed by atoms with Crippen LogP contribution in [0.1, 0.15) is 39.2 Å². The van der Waals surface area contributed by atoms with E-state index in [1.54, 1.807) is 0 Å². The van der Waals surface area contributed by atoms with Crippen molar-refractivity contribution in [2.45, 2.75) is 46.2 Å². The Morgan fingerprint density at radius 1 is 1.19 bits per heavy atom. The second-order valence-corrected chi connectivity index (χ2v) is 4.47. The normalized spacial score (nSPS) is 13.0. The van der Waals surface area contributed by atoms with Gasteiger partial charge in [0.2, 0.25) is 0 Å². The number of rotatable bonds is 6. The quantitative estimate of drug-likeness (QED) is 0.745. The molecule has 1 rings (SSSR count). The van der Waals surface area contributed by atoms with Gasteiger partial charge in [0.05, 0.1) is 0 Å². The molecule has 0 aliphatic carbocycles. The van der Waals surface area contributed by atoms with E-state index in [9.17, 15) is 0 Å². The summed E-state index contributed by atoms with van der Waals surface area (Å²) in [4.78, 5) is 2.53. The first kappa shape index (κ1) is 13.0. The average Bonchev–Trinajstić information content (AvgIpc) is 2.30. The molecule has 1 aromatic rings. The van der Waals surface area contributed by atoms with E-state index in [0.717, 1.165) is 12.2 Å². The fourth-order valence-corrected chi connectivity index (χ4v) is 1.86. The van der Waals surface area contributed by atoms with Gasteiger partial charge in [0.1, 0.15) is 0 Å². The summed E-state index contributed by atoms with van der Waals surface area (Å²) in [7, 11) is 0. The third-order valence-electron chi connectivity index (χ3n) is 3.09. The first-order valence-electron chi connectivity index (χ1n) is 6.25. The van der Waals surface area contributed by atoms with Crippen molar-refractivity contribution in [3.63, 3.8) is 0 Å². The van der Waals surface area contributed by atoms with Crippen molar-refractivity contribution < 1.29 is 0 Å². The van der Waals surface area contributed by atoms with Crippen molar-refractivity contribution in [1.82, 2.24) is 4.90 Å². The van der Waals surface area contributed by atoms with Gasteiger partial charge in [-0.3, -0.25) is 4.90 Å². The zero-order valence-corrected chi connectivity index (χ0v) is 10.7. The van der Waals surface area contributed by atoms with Gasteiger partial charge in [-0.25, -0.2) is 0 Å². The molecule has 2 N–H and O–H groups in total. The molecule has 0 radical (unpaired) electrons. The molecule has 2 nitrogen and oxygen atoms in total. The van der Waals surface area contributed by atoms with Crippen LogP contribution in [0.2, 0.25) is 0 Å². The third kappa shape index (κ3) is 3.86. The molecule has 0 amide bonds. The molecule has 0 aliphatic rings. The summed E-state index contributed by atoms with van der Waals surface area (Å²) in [5.41, 5.74) is 7.88. The molecule has 1 atom stereocenters. The fraction of sp³-hybridized carbons (Fsp3) is 0.571. The molecule has 0 aromatic heterocycles. The summed E-state index contributed by atoms with van der Waals surface area (Å²) in [6.45, 7) is 8.98. The summed E-state index contributed by atoms with van der Waals surface area (Å²) >= 11 is 0. The lowest BCUT2D eigenvalue weighted by Gasteiger charge is -2.28. The molecule has 0 saturated carbocycles. The van der Waals surface area contributed by atoms with Gasteiger partial charge in [-0.2, -0.15) is 0 Å². The second kappa shape index (κ2) is 6.54. The Morgan fingerprint density at radius 2 is 1.81 bits per heavy atom. The SMILES string of the molecule is CCCN(Cc1ccc(N)cc1)C(C)CC. The van der Waals surface area contributed by atoms with E-state index in [1.807, 2.05) is 12.1 Å². The van der Waals surface area contributed by atoms with Gasteiger partial charge in [-0.15, -0.1) is 0 Å². The lowest BCUT2D eigenvalue weighted by atomic mass is 10.1. The second-order valence-electron chi connectivity index (χ2n) is 4.47. The summed E-state index contributed by atoms with van der Waals surface area (Å²) in [6.07, 6.45) is 2.41. The molecule has 0 aliphatic heterocycles. The van der Waals surface area contributed by atoms with Crippen molar-refractivity contribution in [1.29, 1.82) is 0 Å². The highest BCUT2D eigenvalue weighted by Crippen LogP contribution is 2.12. The summed E-state index contributed by atoms with van der Waals surface area (Å²) < 4.78 is 0. The van der Waals surface area contributed by atoms with E-state index < -0.39 is 0 Å². The minimum Gasteiger partial charge on any atom is -0.399 e. The molecule has 0 fully saturated rings. The van der Waals surface area contributed by atoms with Crippen LogP contribution in [0.5, 0.6) is 0 Å². The number of hydrogen-bond acceptors (Lipinski definition) is 2. The van der Waals surface area contributed by atoms with Crippen LogP contribution in [0.4, 0.5) is 5.69 Å². The molecule has 0 spiro atoms. The van der Waals surface area contributed by atoms with Crippen LogP contribution < -0.4 is 5.73 Å². The van der Waals surface area contributed by atoms with E-state index in [0.29, 0.717) is 6.04 Å². The number of nitrogen functional groups attached to an aromatic ring is 1. The standard InChI is InChI=1S/C14H24N2/c1-4-10-16(12(3)5-2)11-13-6-8-14(15)9-7-13/h6-9,12H,4-5,10-11,15H2,1-3H3. The molecule has 0 bridgehead atoms. The van der Waals surface area contributed by atoms with Gasteiger partial charge >= 0.3 is 0 Å². The van der Waals surface area contributed by atoms with Crippen LogP contribution in [0.15, 0.2) is 24.3 Å². The van der Waals surface area contributed by atoms with Gasteiger partial charge in [0.15, 0.2) is 0 Å². The smallest absolute Gasteiger partial charge is 0.0314 e. The average molecular weight is 220 g/mol. The maximum atomic E-state index is 5.69. The summed E-state index contributed by atoms with van der Waals surface area (Å²) in [6, 6.07) is 8.87. The minimum atomic E-state index is 0.650. The van der Waals surface area contributed by atoms with E-state index in [2.05, 4.69) is 37.8 Å². The Labute approximate surface area is 99.5 Å². The van der Waals surface area contributed by atoms with E-state index in [-0.39, 0.29) is 0 Å². The number of nitrogens with zero attached hydrogens (tertiary/aromatic N) is 1. The van der Waals surface area contributed by atoms with E-state index >= 15 is 0 Å². The number of hydrogen-bond donors (Lipinski definition) is 1. The molecular weight excluding hydrogens is 196 g/mol. The zero-order valence-electron chi connectivity index (χ0n) is 10.7. The van der Waals surface area contributed by atoms with Crippen molar-refractivity contribution in [2.75, 3.05) is 12.3 Å². The monoisotopic (exact) mass is 220 g/mol. The number of anilines is 1. The van der Waals surface area contributed by atoms with E-state index in [1.165, 1.54) is 24.9 Å². The van der Waals surface area contributed by atoms with Crippen molar-refractivity contribution in [3.05, 3.63) is 29.8 Å². The van der Waals surface area contributed by atoms with Crippen molar-refractivity contribution in [2.24, 2.45) is 0 Å². The highest BCUT2D eigenvalue weighted by molar-refractivity contribution is 5.39. The lowest BCUT2D eigenvalue weighted by molar-refractivity contribution is 0.195. The first-order chi connectivity index (χ1) is 7.67. The summed E-state index contributed by atoms with van der Waals surface area (Å²) in [5, 5.41) is 0. The highest BCUT2D eigenvalue weighted by atomic mass is 15.1. The molecule has 1 unspecified atom stereocenters. The third-order valence-corrected chi connectivity index (χ3v) is 3.09. The van der Waals surface area contributed by atoms with Crippen molar-refractivity contribution in [3.8, 4) is 0 Å². The molecule has 16 heavy (non-hydrogen) atoms. The van der Waals surface area contributed by atoms with Gasteiger partial charge in [-0.05, 0) is 44.0 Å². The topological polar surface area (TPSA) is 29.3 Å². The Hall–Kier alpha value is -1.02. The van der Waals surface area contributed by atoms with Gasteiger partial charge in [-0.1, -0.05) is 26.0 Å². The van der Waals surface area contributed by atoms with Crippen LogP contribution in [0, 0.1) is 0 Å². The van der Waals surface area contributed by atoms with Crippen LogP contribution >= 0.6 is 0 Å². The predicted octanol–water partition coefficient (Wildman–Crippen LogP) is 3.28. The lowest BCUT2D eigenvalue weighted by Crippen LogP contribution is -2.32. The fourth-order valence-electron chi connectivity index (χ4n) is 1.86. The van der Waals surface area contributed by atoms with Gasteiger partial charge < -0.3 is 5.73 Å². The molecular formula is C14H24N2. The first-order valence-corrected chi connectivity index (χ1v) is 6.25. The van der Waals surface area contributed by atoms with Crippen LogP contribution in [-0.4, -0.2) is 17.5 Å². The Morgan fingerprint density at radius 3 is 2.31 bits per heavy atom. The molecule has 0 saturated heterocycles. The Balaban J connectivity index is 2.63. The minimum absolute atomic E-state index is 0.650. The molecule has 90 valence electrons. The Kier molecular flexibility index (Phi) is 5.33. The summed E-state index contributed by atoms with van der Waals surface area (Å²) in [5.74, 6) is 0. The maximum absolute atomic E-state index is 5.69. The van der Waals surface area contributed by atoms with Crippen molar-refractivity contribution >= 4 is 5.69 Å².